The second-order valence-electron chi connectivity index (χ2n) is 3.90. The molecule has 2 heterocycles. The summed E-state index contributed by atoms with van der Waals surface area (Å²) in [6.45, 7) is 1.11. The first kappa shape index (κ1) is 12.6. The Morgan fingerprint density at radius 1 is 1.29 bits per heavy atom. The summed E-state index contributed by atoms with van der Waals surface area (Å²) < 4.78 is 27.9. The number of pyridine rings is 1. The van der Waals surface area contributed by atoms with Crippen LogP contribution in [0.15, 0.2) is 18.3 Å². The summed E-state index contributed by atoms with van der Waals surface area (Å²) in [6, 6.07) is 3.25. The summed E-state index contributed by atoms with van der Waals surface area (Å²) in [5, 5.41) is 0.299. The van der Waals surface area contributed by atoms with Crippen molar-refractivity contribution >= 4 is 27.6 Å². The normalized spacial score (nSPS) is 17.9. The van der Waals surface area contributed by atoms with E-state index in [-0.39, 0.29) is 5.82 Å². The zero-order valence-corrected chi connectivity index (χ0v) is 10.8. The number of aromatic nitrogens is 1. The van der Waals surface area contributed by atoms with Crippen LogP contribution in [0.3, 0.4) is 0 Å². The van der Waals surface area contributed by atoms with Gasteiger partial charge in [-0.3, -0.25) is 4.72 Å². The topological polar surface area (TPSA) is 62.3 Å². The minimum atomic E-state index is -3.52. The highest BCUT2D eigenvalue weighted by atomic mass is 35.5. The zero-order chi connectivity index (χ0) is 12.3. The standard InChI is InChI=1S/C10H14ClN3O2S/c11-9-5-4-6-12-10(9)13-17(15,16)14-7-2-1-3-8-14/h4-6H,1-3,7-8H2,(H,12,13). The summed E-state index contributed by atoms with van der Waals surface area (Å²) in [5.74, 6) is 0.180. The van der Waals surface area contributed by atoms with Crippen molar-refractivity contribution in [2.45, 2.75) is 19.3 Å². The highest BCUT2D eigenvalue weighted by molar-refractivity contribution is 7.90. The van der Waals surface area contributed by atoms with Crippen molar-refractivity contribution in [1.29, 1.82) is 0 Å². The molecule has 0 saturated carbocycles. The largest absolute Gasteiger partial charge is 0.302 e. The fraction of sp³-hybridized carbons (Fsp3) is 0.500. The molecule has 1 aromatic heterocycles. The third-order valence-corrected chi connectivity index (χ3v) is 4.44. The van der Waals surface area contributed by atoms with Gasteiger partial charge >= 0.3 is 10.2 Å². The number of anilines is 1. The Bertz CT molecular complexity index is 486. The lowest BCUT2D eigenvalue weighted by molar-refractivity contribution is 0.349. The number of nitrogens with one attached hydrogen (secondary N) is 1. The quantitative estimate of drug-likeness (QED) is 0.916. The Balaban J connectivity index is 2.14. The van der Waals surface area contributed by atoms with Gasteiger partial charge in [-0.05, 0) is 25.0 Å². The van der Waals surface area contributed by atoms with Crippen LogP contribution in [0.4, 0.5) is 5.82 Å². The maximum Gasteiger partial charge on any atom is 0.302 e. The second kappa shape index (κ2) is 5.20. The second-order valence-corrected chi connectivity index (χ2v) is 5.98. The Hall–Kier alpha value is -0.850. The van der Waals surface area contributed by atoms with Crippen molar-refractivity contribution in [3.8, 4) is 0 Å². The summed E-state index contributed by atoms with van der Waals surface area (Å²) in [6.07, 6.45) is 4.38. The van der Waals surface area contributed by atoms with Gasteiger partial charge in [0.05, 0.1) is 5.02 Å². The molecule has 1 saturated heterocycles. The Labute approximate surface area is 106 Å². The SMILES string of the molecule is O=S(=O)(Nc1ncccc1Cl)N1CCCCC1. The highest BCUT2D eigenvalue weighted by Gasteiger charge is 2.24. The highest BCUT2D eigenvalue weighted by Crippen LogP contribution is 2.21. The van der Waals surface area contributed by atoms with Gasteiger partial charge in [-0.25, -0.2) is 4.98 Å². The summed E-state index contributed by atoms with van der Waals surface area (Å²) in [4.78, 5) is 3.91. The maximum atomic E-state index is 12.0. The first-order valence-corrected chi connectivity index (χ1v) is 7.30. The predicted octanol–water partition coefficient (Wildman–Crippen LogP) is 1.88. The lowest BCUT2D eigenvalue weighted by Crippen LogP contribution is -2.39. The zero-order valence-electron chi connectivity index (χ0n) is 9.26. The van der Waals surface area contributed by atoms with E-state index in [4.69, 9.17) is 11.6 Å². The van der Waals surface area contributed by atoms with E-state index in [0.717, 1.165) is 19.3 Å². The van der Waals surface area contributed by atoms with Crippen molar-refractivity contribution in [2.24, 2.45) is 0 Å². The van der Waals surface area contributed by atoms with Gasteiger partial charge in [0.2, 0.25) is 0 Å². The lowest BCUT2D eigenvalue weighted by atomic mass is 10.2. The van der Waals surface area contributed by atoms with Crippen molar-refractivity contribution in [1.82, 2.24) is 9.29 Å². The average molecular weight is 276 g/mol. The smallest absolute Gasteiger partial charge is 0.253 e. The van der Waals surface area contributed by atoms with Gasteiger partial charge in [0, 0.05) is 19.3 Å². The molecule has 0 atom stereocenters. The molecule has 17 heavy (non-hydrogen) atoms. The average Bonchev–Trinajstić information content (AvgIpc) is 2.33. The van der Waals surface area contributed by atoms with Crippen LogP contribution in [-0.4, -0.2) is 30.8 Å². The number of piperidine rings is 1. The monoisotopic (exact) mass is 275 g/mol. The van der Waals surface area contributed by atoms with E-state index in [1.807, 2.05) is 0 Å². The van der Waals surface area contributed by atoms with E-state index < -0.39 is 10.2 Å². The third-order valence-electron chi connectivity index (χ3n) is 2.64. The van der Waals surface area contributed by atoms with Gasteiger partial charge < -0.3 is 0 Å². The maximum absolute atomic E-state index is 12.0. The van der Waals surface area contributed by atoms with Gasteiger partial charge in [-0.2, -0.15) is 12.7 Å². The third kappa shape index (κ3) is 3.08. The molecule has 1 aliphatic heterocycles. The van der Waals surface area contributed by atoms with Crippen LogP contribution >= 0.6 is 11.6 Å². The van der Waals surface area contributed by atoms with Gasteiger partial charge in [0.1, 0.15) is 0 Å². The Morgan fingerprint density at radius 3 is 2.65 bits per heavy atom. The number of nitrogens with zero attached hydrogens (tertiary/aromatic N) is 2. The molecule has 0 spiro atoms. The van der Waals surface area contributed by atoms with E-state index in [9.17, 15) is 8.42 Å². The molecular weight excluding hydrogens is 262 g/mol. The molecule has 2 rings (SSSR count). The van der Waals surface area contributed by atoms with E-state index in [0.29, 0.717) is 18.1 Å². The number of hydrogen-bond donors (Lipinski definition) is 1. The molecular formula is C10H14ClN3O2S. The van der Waals surface area contributed by atoms with Crippen LogP contribution in [0.25, 0.3) is 0 Å². The molecule has 0 unspecified atom stereocenters. The van der Waals surface area contributed by atoms with Crippen molar-refractivity contribution < 1.29 is 8.42 Å². The van der Waals surface area contributed by atoms with E-state index in [1.54, 1.807) is 12.1 Å². The molecule has 0 aromatic carbocycles. The first-order chi connectivity index (χ1) is 8.09. The molecule has 1 aromatic rings. The van der Waals surface area contributed by atoms with Gasteiger partial charge in [-0.15, -0.1) is 0 Å². The van der Waals surface area contributed by atoms with Gasteiger partial charge in [0.15, 0.2) is 5.82 Å². The molecule has 0 radical (unpaired) electrons. The van der Waals surface area contributed by atoms with Crippen LogP contribution in [0, 0.1) is 0 Å². The van der Waals surface area contributed by atoms with Crippen LogP contribution in [0.5, 0.6) is 0 Å². The number of rotatable bonds is 3. The molecule has 1 aliphatic rings. The van der Waals surface area contributed by atoms with Gasteiger partial charge in [0.25, 0.3) is 0 Å². The van der Waals surface area contributed by atoms with E-state index in [2.05, 4.69) is 9.71 Å². The van der Waals surface area contributed by atoms with Crippen molar-refractivity contribution in [3.05, 3.63) is 23.4 Å². The molecule has 7 heteroatoms. The summed E-state index contributed by atoms with van der Waals surface area (Å²) in [5.41, 5.74) is 0. The van der Waals surface area contributed by atoms with Crippen LogP contribution in [0.2, 0.25) is 5.02 Å². The molecule has 0 bridgehead atoms. The van der Waals surface area contributed by atoms with Crippen LogP contribution < -0.4 is 4.72 Å². The van der Waals surface area contributed by atoms with Crippen LogP contribution in [0.1, 0.15) is 19.3 Å². The Morgan fingerprint density at radius 2 is 2.00 bits per heavy atom. The Kier molecular flexibility index (Phi) is 3.86. The van der Waals surface area contributed by atoms with E-state index >= 15 is 0 Å². The molecule has 1 N–H and O–H groups in total. The molecule has 0 aliphatic carbocycles. The molecule has 94 valence electrons. The first-order valence-electron chi connectivity index (χ1n) is 5.48. The minimum Gasteiger partial charge on any atom is -0.253 e. The minimum absolute atomic E-state index is 0.180. The number of hydrogen-bond acceptors (Lipinski definition) is 3. The number of halogens is 1. The molecule has 5 nitrogen and oxygen atoms in total. The summed E-state index contributed by atoms with van der Waals surface area (Å²) in [7, 11) is -3.52. The lowest BCUT2D eigenvalue weighted by Gasteiger charge is -2.26. The van der Waals surface area contributed by atoms with E-state index in [1.165, 1.54) is 10.5 Å². The molecule has 0 amide bonds. The fourth-order valence-electron chi connectivity index (χ4n) is 1.75. The van der Waals surface area contributed by atoms with Crippen molar-refractivity contribution in [2.75, 3.05) is 17.8 Å². The van der Waals surface area contributed by atoms with Gasteiger partial charge in [-0.1, -0.05) is 18.0 Å². The fourth-order valence-corrected chi connectivity index (χ4v) is 3.25. The predicted molar refractivity (Wildman–Crippen MR) is 67.2 cm³/mol. The molecule has 1 fully saturated rings. The van der Waals surface area contributed by atoms with Crippen LogP contribution in [-0.2, 0) is 10.2 Å². The summed E-state index contributed by atoms with van der Waals surface area (Å²) >= 11 is 5.86. The van der Waals surface area contributed by atoms with Crippen molar-refractivity contribution in [3.63, 3.8) is 0 Å².